The molecule has 0 spiro atoms. The van der Waals surface area contributed by atoms with Crippen molar-refractivity contribution in [2.24, 2.45) is 0 Å². The number of ether oxygens (including phenoxy) is 1. The minimum absolute atomic E-state index is 0.460. The van der Waals surface area contributed by atoms with Crippen LogP contribution in [0.1, 0.15) is 31.9 Å². The standard InChI is InChI=1S/C18H24N2O2S/c1-13-7-9-14(10-8-13)11-15(12-19)16(23-6)20(17(21)22-5)18(2,3)4/h7-10H,11H2,1-6H3/b16-15-. The van der Waals surface area contributed by atoms with E-state index in [0.717, 1.165) is 5.56 Å². The molecule has 23 heavy (non-hydrogen) atoms. The number of carbonyl (C=O) groups is 1. The van der Waals surface area contributed by atoms with Crippen LogP contribution in [0.5, 0.6) is 0 Å². The second-order valence-electron chi connectivity index (χ2n) is 6.24. The molecule has 1 amide bonds. The first-order valence-electron chi connectivity index (χ1n) is 7.35. The molecule has 1 aromatic rings. The molecule has 1 aromatic carbocycles. The number of aryl methyl sites for hydroxylation is 1. The summed E-state index contributed by atoms with van der Waals surface area (Å²) < 4.78 is 4.91. The van der Waals surface area contributed by atoms with Crippen LogP contribution in [-0.4, -0.2) is 29.9 Å². The van der Waals surface area contributed by atoms with Gasteiger partial charge in [-0.1, -0.05) is 29.8 Å². The van der Waals surface area contributed by atoms with E-state index >= 15 is 0 Å². The average molecular weight is 332 g/mol. The number of thioether (sulfide) groups is 1. The van der Waals surface area contributed by atoms with Gasteiger partial charge < -0.3 is 4.74 Å². The van der Waals surface area contributed by atoms with Crippen molar-refractivity contribution in [1.29, 1.82) is 5.26 Å². The molecule has 5 heteroatoms. The number of hydrogen-bond donors (Lipinski definition) is 0. The molecule has 0 radical (unpaired) electrons. The molecule has 0 N–H and O–H groups in total. The number of methoxy groups -OCH3 is 1. The Morgan fingerprint density at radius 1 is 1.30 bits per heavy atom. The van der Waals surface area contributed by atoms with Gasteiger partial charge in [0.05, 0.1) is 23.8 Å². The zero-order valence-corrected chi connectivity index (χ0v) is 15.5. The third kappa shape index (κ3) is 5.04. The number of nitrogens with zero attached hydrogens (tertiary/aromatic N) is 2. The van der Waals surface area contributed by atoms with Crippen molar-refractivity contribution in [2.45, 2.75) is 39.7 Å². The van der Waals surface area contributed by atoms with Crippen molar-refractivity contribution in [3.8, 4) is 6.07 Å². The molecule has 0 fully saturated rings. The van der Waals surface area contributed by atoms with E-state index in [0.29, 0.717) is 17.0 Å². The lowest BCUT2D eigenvalue weighted by Crippen LogP contribution is -2.44. The number of benzene rings is 1. The smallest absolute Gasteiger partial charge is 0.414 e. The van der Waals surface area contributed by atoms with Gasteiger partial charge in [0, 0.05) is 12.0 Å². The van der Waals surface area contributed by atoms with Gasteiger partial charge in [-0.15, -0.1) is 11.8 Å². The van der Waals surface area contributed by atoms with E-state index in [1.165, 1.54) is 24.4 Å². The Labute approximate surface area is 143 Å². The van der Waals surface area contributed by atoms with Gasteiger partial charge in [-0.2, -0.15) is 5.26 Å². The predicted octanol–water partition coefficient (Wildman–Crippen LogP) is 4.50. The van der Waals surface area contributed by atoms with Crippen LogP contribution >= 0.6 is 11.8 Å². The maximum atomic E-state index is 12.2. The van der Waals surface area contributed by atoms with Gasteiger partial charge in [0.2, 0.25) is 0 Å². The third-order valence-corrected chi connectivity index (χ3v) is 4.13. The highest BCUT2D eigenvalue weighted by Crippen LogP contribution is 2.31. The molecule has 0 aliphatic rings. The molecular formula is C18H24N2O2S. The van der Waals surface area contributed by atoms with Crippen molar-refractivity contribution >= 4 is 17.9 Å². The fourth-order valence-electron chi connectivity index (χ4n) is 2.18. The Hall–Kier alpha value is -1.93. The van der Waals surface area contributed by atoms with Gasteiger partial charge in [-0.3, -0.25) is 4.90 Å². The highest BCUT2D eigenvalue weighted by atomic mass is 32.2. The van der Waals surface area contributed by atoms with Crippen LogP contribution in [0.4, 0.5) is 4.79 Å². The molecule has 0 aromatic heterocycles. The quantitative estimate of drug-likeness (QED) is 0.762. The number of hydrogen-bond acceptors (Lipinski definition) is 4. The summed E-state index contributed by atoms with van der Waals surface area (Å²) in [5, 5.41) is 10.2. The van der Waals surface area contributed by atoms with E-state index in [9.17, 15) is 10.1 Å². The Kier molecular flexibility index (Phi) is 6.71. The second kappa shape index (κ2) is 8.07. The molecule has 0 aliphatic carbocycles. The van der Waals surface area contributed by atoms with E-state index in [-0.39, 0.29) is 0 Å². The first kappa shape index (κ1) is 19.1. The van der Waals surface area contributed by atoms with Crippen molar-refractivity contribution in [1.82, 2.24) is 4.90 Å². The zero-order valence-electron chi connectivity index (χ0n) is 14.6. The zero-order chi connectivity index (χ0) is 17.6. The lowest BCUT2D eigenvalue weighted by atomic mass is 10.0. The maximum Gasteiger partial charge on any atom is 0.414 e. The van der Waals surface area contributed by atoms with Crippen LogP contribution < -0.4 is 0 Å². The molecule has 0 atom stereocenters. The van der Waals surface area contributed by atoms with Crippen LogP contribution in [0.15, 0.2) is 34.9 Å². The number of nitriles is 1. The molecule has 124 valence electrons. The Morgan fingerprint density at radius 2 is 1.87 bits per heavy atom. The van der Waals surface area contributed by atoms with Gasteiger partial charge >= 0.3 is 6.09 Å². The van der Waals surface area contributed by atoms with Crippen molar-refractivity contribution in [3.05, 3.63) is 46.0 Å². The summed E-state index contributed by atoms with van der Waals surface area (Å²) in [5.41, 5.74) is 2.28. The van der Waals surface area contributed by atoms with Crippen LogP contribution in [0.25, 0.3) is 0 Å². The monoisotopic (exact) mass is 332 g/mol. The van der Waals surface area contributed by atoms with E-state index in [1.54, 1.807) is 4.90 Å². The van der Waals surface area contributed by atoms with Crippen molar-refractivity contribution < 1.29 is 9.53 Å². The van der Waals surface area contributed by atoms with Crippen LogP contribution in [0.2, 0.25) is 0 Å². The van der Waals surface area contributed by atoms with E-state index in [1.807, 2.05) is 58.2 Å². The SMILES string of the molecule is COC(=O)N(/C(SC)=C(/C#N)Cc1ccc(C)cc1)C(C)(C)C. The normalized spacial score (nSPS) is 12.2. The van der Waals surface area contributed by atoms with Gasteiger partial charge in [-0.25, -0.2) is 4.79 Å². The molecule has 0 heterocycles. The Balaban J connectivity index is 3.32. The minimum atomic E-state index is -0.485. The van der Waals surface area contributed by atoms with E-state index in [2.05, 4.69) is 6.07 Å². The molecule has 0 saturated heterocycles. The van der Waals surface area contributed by atoms with Crippen molar-refractivity contribution in [3.63, 3.8) is 0 Å². The molecular weight excluding hydrogens is 308 g/mol. The highest BCUT2D eigenvalue weighted by molar-refractivity contribution is 8.02. The fourth-order valence-corrected chi connectivity index (χ4v) is 3.07. The number of rotatable bonds is 4. The summed E-state index contributed by atoms with van der Waals surface area (Å²) in [6, 6.07) is 10.3. The summed E-state index contributed by atoms with van der Waals surface area (Å²) >= 11 is 1.39. The molecule has 0 saturated carbocycles. The third-order valence-electron chi connectivity index (χ3n) is 3.32. The summed E-state index contributed by atoms with van der Waals surface area (Å²) in [4.78, 5) is 13.8. The van der Waals surface area contributed by atoms with Gasteiger partial charge in [0.25, 0.3) is 0 Å². The largest absolute Gasteiger partial charge is 0.452 e. The van der Waals surface area contributed by atoms with E-state index in [4.69, 9.17) is 4.74 Å². The highest BCUT2D eigenvalue weighted by Gasteiger charge is 2.32. The molecule has 1 rings (SSSR count). The van der Waals surface area contributed by atoms with Gasteiger partial charge in [0.1, 0.15) is 0 Å². The summed E-state index contributed by atoms with van der Waals surface area (Å²) in [6.45, 7) is 7.78. The van der Waals surface area contributed by atoms with Gasteiger partial charge in [-0.05, 0) is 39.5 Å². The topological polar surface area (TPSA) is 53.3 Å². The van der Waals surface area contributed by atoms with Crippen LogP contribution in [0, 0.1) is 18.3 Å². The summed E-state index contributed by atoms with van der Waals surface area (Å²) in [5.74, 6) is 0. The number of allylic oxidation sites excluding steroid dienone is 1. The summed E-state index contributed by atoms with van der Waals surface area (Å²) in [6.07, 6.45) is 1.89. The minimum Gasteiger partial charge on any atom is -0.452 e. The molecule has 4 nitrogen and oxygen atoms in total. The maximum absolute atomic E-state index is 12.2. The lowest BCUT2D eigenvalue weighted by Gasteiger charge is -2.35. The fraction of sp³-hybridized carbons (Fsp3) is 0.444. The van der Waals surface area contributed by atoms with E-state index < -0.39 is 11.6 Å². The van der Waals surface area contributed by atoms with Crippen LogP contribution in [0.3, 0.4) is 0 Å². The summed E-state index contributed by atoms with van der Waals surface area (Å²) in [7, 11) is 1.35. The number of carbonyl (C=O) groups excluding carboxylic acids is 1. The van der Waals surface area contributed by atoms with Gasteiger partial charge in [0.15, 0.2) is 0 Å². The second-order valence-corrected chi connectivity index (χ2v) is 7.03. The average Bonchev–Trinajstić information content (AvgIpc) is 2.50. The molecule has 0 aliphatic heterocycles. The lowest BCUT2D eigenvalue weighted by molar-refractivity contribution is 0.107. The molecule has 0 bridgehead atoms. The predicted molar refractivity (Wildman–Crippen MR) is 95.0 cm³/mol. The Morgan fingerprint density at radius 3 is 2.26 bits per heavy atom. The first-order chi connectivity index (χ1) is 10.7. The van der Waals surface area contributed by atoms with Crippen molar-refractivity contribution in [2.75, 3.05) is 13.4 Å². The van der Waals surface area contributed by atoms with Crippen LogP contribution in [-0.2, 0) is 11.2 Å². The Bertz CT molecular complexity index is 622. The number of amides is 1. The molecule has 0 unspecified atom stereocenters. The first-order valence-corrected chi connectivity index (χ1v) is 8.58.